The fraction of sp³-hybridized carbons (Fsp3) is 0.625. The van der Waals surface area contributed by atoms with Gasteiger partial charge >= 0.3 is 11.9 Å². The normalized spacial score (nSPS) is 14.2. The third kappa shape index (κ3) is 72.4. The van der Waals surface area contributed by atoms with Gasteiger partial charge in [-0.3, -0.25) is 14.2 Å². The van der Waals surface area contributed by atoms with Crippen molar-refractivity contribution in [3.05, 3.63) is 170 Å². The van der Waals surface area contributed by atoms with Gasteiger partial charge in [0, 0.05) is 12.8 Å². The quantitative estimate of drug-likeness (QED) is 0.0195. The summed E-state index contributed by atoms with van der Waals surface area (Å²) >= 11 is 0. The molecule has 0 heterocycles. The molecule has 0 fully saturated rings. The van der Waals surface area contributed by atoms with Crippen LogP contribution in [0.1, 0.15) is 271 Å². The number of quaternary nitrogens is 1. The van der Waals surface area contributed by atoms with Gasteiger partial charge in [0.1, 0.15) is 19.8 Å². The summed E-state index contributed by atoms with van der Waals surface area (Å²) in [6, 6.07) is 0. The maximum atomic E-state index is 12.9. The van der Waals surface area contributed by atoms with Gasteiger partial charge < -0.3 is 27.9 Å². The van der Waals surface area contributed by atoms with Crippen LogP contribution in [0.15, 0.2) is 170 Å². The Morgan fingerprint density at radius 3 is 0.900 bits per heavy atom. The maximum Gasteiger partial charge on any atom is 0.306 e. The van der Waals surface area contributed by atoms with Crippen LogP contribution in [-0.2, 0) is 32.7 Å². The lowest BCUT2D eigenvalue weighted by Gasteiger charge is -2.28. The highest BCUT2D eigenvalue weighted by Gasteiger charge is 2.22. The molecule has 0 rings (SSSR count). The summed E-state index contributed by atoms with van der Waals surface area (Å²) in [7, 11) is 1.13. The molecule has 10 heteroatoms. The van der Waals surface area contributed by atoms with E-state index in [1.54, 1.807) is 0 Å². The van der Waals surface area contributed by atoms with Crippen LogP contribution in [0, 0.1) is 0 Å². The molecule has 0 aliphatic rings. The average Bonchev–Trinajstić information content (AvgIpc) is 3.62. The molecule has 0 aliphatic heterocycles. The number of carbonyl (C=O) groups excluding carboxylic acids is 2. The summed E-state index contributed by atoms with van der Waals surface area (Å²) < 4.78 is 34.3. The fourth-order valence-corrected chi connectivity index (χ4v) is 10.1. The van der Waals surface area contributed by atoms with Crippen LogP contribution >= 0.6 is 7.82 Å². The Morgan fingerprint density at radius 1 is 0.344 bits per heavy atom. The second-order valence-electron chi connectivity index (χ2n) is 24.5. The molecule has 2 atom stereocenters. The number of hydrogen-bond acceptors (Lipinski definition) is 8. The molecule has 510 valence electrons. The second-order valence-corrected chi connectivity index (χ2v) is 25.9. The average molecular weight is 1270 g/mol. The van der Waals surface area contributed by atoms with Crippen LogP contribution in [0.25, 0.3) is 0 Å². The summed E-state index contributed by atoms with van der Waals surface area (Å²) in [5.74, 6) is -0.876. The van der Waals surface area contributed by atoms with Crippen molar-refractivity contribution in [2.45, 2.75) is 277 Å². The van der Waals surface area contributed by atoms with Gasteiger partial charge in [-0.1, -0.05) is 300 Å². The third-order valence-corrected chi connectivity index (χ3v) is 15.7. The Hall–Kier alpha value is -4.63. The lowest BCUT2D eigenvalue weighted by atomic mass is 10.0. The lowest BCUT2D eigenvalue weighted by Crippen LogP contribution is -2.37. The van der Waals surface area contributed by atoms with Crippen molar-refractivity contribution in [1.29, 1.82) is 0 Å². The van der Waals surface area contributed by atoms with E-state index in [0.29, 0.717) is 23.9 Å². The highest BCUT2D eigenvalue weighted by atomic mass is 31.2. The largest absolute Gasteiger partial charge is 0.756 e. The van der Waals surface area contributed by atoms with Crippen LogP contribution in [0.3, 0.4) is 0 Å². The van der Waals surface area contributed by atoms with E-state index in [4.69, 9.17) is 18.5 Å². The van der Waals surface area contributed by atoms with E-state index in [1.165, 1.54) is 103 Å². The molecule has 90 heavy (non-hydrogen) atoms. The molecule has 9 nitrogen and oxygen atoms in total. The maximum absolute atomic E-state index is 12.9. The second kappa shape index (κ2) is 68.7. The number of allylic oxidation sites excluding steroid dienone is 28. The number of unbranched alkanes of at least 4 members (excludes halogenated alkanes) is 22. The first-order valence-corrected chi connectivity index (χ1v) is 37.3. The standard InChI is InChI=1S/C80H132NO8P/c1-6-8-10-12-14-16-18-20-22-24-26-28-30-32-33-34-35-36-37-38-39-40-41-42-43-44-45-46-47-49-51-53-55-57-59-61-63-65-67-69-71-73-80(83)89-78(77-88-90(84,85)87-75-74-81(3,4)5)76-86-79(82)72-70-68-66-64-62-60-58-56-54-52-50-48-31-29-27-25-23-21-19-17-15-13-11-9-7-2/h8-11,14-17,20-23,26-29,32-33,35-36,38-39,48,50,54,56,60,62,78H,6-7,12-13,18-19,24-25,30-31,34,37,40-47,49,51-53,55,57-59,61,63-77H2,1-5H3/b10-8-,11-9-,16-14-,17-15-,22-20-,23-21-,28-26-,29-27-,33-32-,36-35-,39-38-,50-48-,56-54-,62-60-. The number of carbonyl (C=O) groups is 2. The van der Waals surface area contributed by atoms with E-state index in [2.05, 4.69) is 184 Å². The van der Waals surface area contributed by atoms with Gasteiger partial charge in [0.25, 0.3) is 7.82 Å². The molecular formula is C80H132NO8P. The van der Waals surface area contributed by atoms with Gasteiger partial charge in [-0.25, -0.2) is 0 Å². The number of hydrogen-bond donors (Lipinski definition) is 0. The number of likely N-dealkylation sites (N-methyl/N-ethyl adjacent to an activating group) is 1. The van der Waals surface area contributed by atoms with Gasteiger partial charge in [0.15, 0.2) is 6.10 Å². The van der Waals surface area contributed by atoms with Gasteiger partial charge in [-0.15, -0.1) is 0 Å². The fourth-order valence-electron chi connectivity index (χ4n) is 9.32. The molecule has 0 aliphatic carbocycles. The highest BCUT2D eigenvalue weighted by Crippen LogP contribution is 2.38. The first kappa shape index (κ1) is 85.4. The highest BCUT2D eigenvalue weighted by molar-refractivity contribution is 7.45. The molecule has 0 saturated heterocycles. The van der Waals surface area contributed by atoms with Crippen LogP contribution in [0.5, 0.6) is 0 Å². The van der Waals surface area contributed by atoms with Crippen molar-refractivity contribution in [3.8, 4) is 0 Å². The van der Waals surface area contributed by atoms with Crippen molar-refractivity contribution in [1.82, 2.24) is 0 Å². The molecule has 0 aromatic heterocycles. The van der Waals surface area contributed by atoms with Gasteiger partial charge in [0.2, 0.25) is 0 Å². The zero-order chi connectivity index (χ0) is 65.5. The number of nitrogens with zero attached hydrogens (tertiary/aromatic N) is 1. The minimum Gasteiger partial charge on any atom is -0.756 e. The molecule has 0 aromatic rings. The van der Waals surface area contributed by atoms with Crippen LogP contribution in [0.4, 0.5) is 0 Å². The van der Waals surface area contributed by atoms with Crippen LogP contribution in [-0.4, -0.2) is 70.0 Å². The Kier molecular flexibility index (Phi) is 65.2. The molecule has 0 bridgehead atoms. The van der Waals surface area contributed by atoms with Gasteiger partial charge in [-0.05, 0) is 128 Å². The van der Waals surface area contributed by atoms with Crippen molar-refractivity contribution in [2.24, 2.45) is 0 Å². The molecule has 0 spiro atoms. The first-order chi connectivity index (χ1) is 44.0. The number of phosphoric acid groups is 1. The van der Waals surface area contributed by atoms with E-state index < -0.39 is 32.5 Å². The topological polar surface area (TPSA) is 111 Å². The predicted octanol–water partition coefficient (Wildman–Crippen LogP) is 23.1. The number of rotatable bonds is 64. The smallest absolute Gasteiger partial charge is 0.306 e. The summed E-state index contributed by atoms with van der Waals surface area (Å²) in [6.07, 6.45) is 104. The van der Waals surface area contributed by atoms with Crippen molar-refractivity contribution >= 4 is 19.8 Å². The minimum atomic E-state index is -4.66. The monoisotopic (exact) mass is 1270 g/mol. The molecule has 0 amide bonds. The van der Waals surface area contributed by atoms with Crippen molar-refractivity contribution in [3.63, 3.8) is 0 Å². The summed E-state index contributed by atoms with van der Waals surface area (Å²) in [4.78, 5) is 38.1. The number of phosphoric ester groups is 1. The Balaban J connectivity index is 4.06. The molecule has 2 unspecified atom stereocenters. The van der Waals surface area contributed by atoms with Gasteiger partial charge in [-0.2, -0.15) is 0 Å². The SMILES string of the molecule is CC/C=C\C/C=C\C/C=C\C/C=C\C/C=C\C/C=C\C/C=C\CCCCCCCCCCCCCCCCCCCCCC(=O)OC(COC(=O)CCCCC/C=C\C/C=C\C/C=C\C/C=C\C/C=C\C/C=C\C/C=C\CC)COP(=O)([O-])OCC[N+](C)(C)C. The number of ether oxygens (including phenoxy) is 2. The lowest BCUT2D eigenvalue weighted by molar-refractivity contribution is -0.870. The summed E-state index contributed by atoms with van der Waals surface area (Å²) in [5, 5.41) is 0. The van der Waals surface area contributed by atoms with Crippen molar-refractivity contribution in [2.75, 3.05) is 47.5 Å². The van der Waals surface area contributed by atoms with E-state index in [9.17, 15) is 19.0 Å². The van der Waals surface area contributed by atoms with E-state index in [-0.39, 0.29) is 26.1 Å². The predicted molar refractivity (Wildman–Crippen MR) is 387 cm³/mol. The Labute approximate surface area is 553 Å². The Morgan fingerprint density at radius 2 is 0.600 bits per heavy atom. The van der Waals surface area contributed by atoms with E-state index in [0.717, 1.165) is 128 Å². The minimum absolute atomic E-state index is 0.0437. The Bertz CT molecular complexity index is 2130. The third-order valence-electron chi connectivity index (χ3n) is 14.7. The van der Waals surface area contributed by atoms with Crippen LogP contribution < -0.4 is 4.89 Å². The summed E-state index contributed by atoms with van der Waals surface area (Å²) in [6.45, 7) is 3.97. The zero-order valence-electron chi connectivity index (χ0n) is 58.0. The van der Waals surface area contributed by atoms with Crippen molar-refractivity contribution < 1.29 is 42.1 Å². The first-order valence-electron chi connectivity index (χ1n) is 35.8. The van der Waals surface area contributed by atoms with Crippen LogP contribution in [0.2, 0.25) is 0 Å². The molecule has 0 aromatic carbocycles. The van der Waals surface area contributed by atoms with E-state index >= 15 is 0 Å². The zero-order valence-corrected chi connectivity index (χ0v) is 58.9. The molecular weight excluding hydrogens is 1130 g/mol. The van der Waals surface area contributed by atoms with Gasteiger partial charge in [0.05, 0.1) is 27.7 Å². The number of esters is 2. The molecule has 0 saturated carbocycles. The summed E-state index contributed by atoms with van der Waals surface area (Å²) in [5.41, 5.74) is 0. The van der Waals surface area contributed by atoms with E-state index in [1.807, 2.05) is 21.1 Å². The molecule has 0 N–H and O–H groups in total. The molecule has 0 radical (unpaired) electrons.